The fourth-order valence-electron chi connectivity index (χ4n) is 3.30. The standard InChI is InChI=1S/C16H17FN4O2/c17-9-1-2-13-12(7-9)10(3-5-19-13)16(22)21-15(18)11-4-6-23-8-14(11)20-21/h1-2,7,10,19H,3-6,8,18H2. The maximum Gasteiger partial charge on any atom is 0.256 e. The van der Waals surface area contributed by atoms with Gasteiger partial charge in [-0.25, -0.2) is 4.39 Å². The molecule has 3 heterocycles. The molecular formula is C16H17FN4O2. The summed E-state index contributed by atoms with van der Waals surface area (Å²) in [6.07, 6.45) is 1.24. The minimum absolute atomic E-state index is 0.217. The fourth-order valence-corrected chi connectivity index (χ4v) is 3.30. The van der Waals surface area contributed by atoms with E-state index in [1.54, 1.807) is 6.07 Å². The molecule has 7 heteroatoms. The zero-order chi connectivity index (χ0) is 16.0. The van der Waals surface area contributed by atoms with Gasteiger partial charge in [-0.3, -0.25) is 4.79 Å². The molecule has 0 saturated carbocycles. The van der Waals surface area contributed by atoms with Gasteiger partial charge in [0.25, 0.3) is 5.91 Å². The topological polar surface area (TPSA) is 82.2 Å². The molecule has 1 unspecified atom stereocenters. The fraction of sp³-hybridized carbons (Fsp3) is 0.375. The summed E-state index contributed by atoms with van der Waals surface area (Å²) in [6, 6.07) is 4.46. The Morgan fingerprint density at radius 1 is 1.48 bits per heavy atom. The lowest BCUT2D eigenvalue weighted by Gasteiger charge is -2.25. The number of halogens is 1. The molecular weight excluding hydrogens is 299 g/mol. The first-order valence-electron chi connectivity index (χ1n) is 7.66. The summed E-state index contributed by atoms with van der Waals surface area (Å²) in [5, 5.41) is 7.51. The Morgan fingerprint density at radius 3 is 3.17 bits per heavy atom. The van der Waals surface area contributed by atoms with E-state index in [0.29, 0.717) is 44.0 Å². The van der Waals surface area contributed by atoms with E-state index < -0.39 is 5.92 Å². The molecule has 0 bridgehead atoms. The monoisotopic (exact) mass is 316 g/mol. The van der Waals surface area contributed by atoms with E-state index in [9.17, 15) is 9.18 Å². The highest BCUT2D eigenvalue weighted by atomic mass is 19.1. The normalized spacial score (nSPS) is 19.6. The van der Waals surface area contributed by atoms with Crippen molar-refractivity contribution in [3.05, 3.63) is 40.8 Å². The van der Waals surface area contributed by atoms with Crippen LogP contribution in [0.15, 0.2) is 18.2 Å². The Bertz CT molecular complexity index is 787. The van der Waals surface area contributed by atoms with Crippen LogP contribution >= 0.6 is 0 Å². The number of rotatable bonds is 1. The minimum Gasteiger partial charge on any atom is -0.385 e. The Labute approximate surface area is 132 Å². The average molecular weight is 316 g/mol. The van der Waals surface area contributed by atoms with Crippen LogP contribution in [0.2, 0.25) is 0 Å². The number of nitrogens with one attached hydrogen (secondary N) is 1. The third-order valence-corrected chi connectivity index (χ3v) is 4.49. The van der Waals surface area contributed by atoms with E-state index in [4.69, 9.17) is 10.5 Å². The number of hydrogen-bond donors (Lipinski definition) is 2. The van der Waals surface area contributed by atoms with Crippen LogP contribution in [0.25, 0.3) is 0 Å². The third-order valence-electron chi connectivity index (χ3n) is 4.49. The average Bonchev–Trinajstić information content (AvgIpc) is 2.91. The zero-order valence-electron chi connectivity index (χ0n) is 12.5. The van der Waals surface area contributed by atoms with Crippen LogP contribution in [0.3, 0.4) is 0 Å². The van der Waals surface area contributed by atoms with Gasteiger partial charge in [0.1, 0.15) is 11.6 Å². The molecule has 4 rings (SSSR count). The van der Waals surface area contributed by atoms with E-state index in [0.717, 1.165) is 16.9 Å². The van der Waals surface area contributed by atoms with Gasteiger partial charge in [0.2, 0.25) is 0 Å². The number of anilines is 2. The molecule has 6 nitrogen and oxygen atoms in total. The van der Waals surface area contributed by atoms with Crippen LogP contribution < -0.4 is 11.1 Å². The van der Waals surface area contributed by atoms with E-state index in [-0.39, 0.29) is 11.7 Å². The van der Waals surface area contributed by atoms with E-state index in [2.05, 4.69) is 10.4 Å². The van der Waals surface area contributed by atoms with Crippen LogP contribution in [0, 0.1) is 5.82 Å². The summed E-state index contributed by atoms with van der Waals surface area (Å²) in [6.45, 7) is 1.61. The van der Waals surface area contributed by atoms with Gasteiger partial charge in [0, 0.05) is 24.2 Å². The second-order valence-electron chi connectivity index (χ2n) is 5.86. The van der Waals surface area contributed by atoms with Gasteiger partial charge in [-0.2, -0.15) is 9.78 Å². The lowest BCUT2D eigenvalue weighted by atomic mass is 9.90. The minimum atomic E-state index is -0.452. The van der Waals surface area contributed by atoms with Gasteiger partial charge in [0.05, 0.1) is 24.8 Å². The number of fused-ring (bicyclic) bond motifs is 2. The number of nitrogens with zero attached hydrogens (tertiary/aromatic N) is 2. The Hall–Kier alpha value is -2.41. The molecule has 2 aliphatic heterocycles. The van der Waals surface area contributed by atoms with Crippen molar-refractivity contribution in [2.45, 2.75) is 25.4 Å². The van der Waals surface area contributed by atoms with Crippen LogP contribution in [0.5, 0.6) is 0 Å². The van der Waals surface area contributed by atoms with Crippen molar-refractivity contribution in [3.8, 4) is 0 Å². The number of aromatic nitrogens is 2. The van der Waals surface area contributed by atoms with E-state index in [1.807, 2.05) is 0 Å². The summed E-state index contributed by atoms with van der Waals surface area (Å²) in [5.74, 6) is -0.645. The zero-order valence-corrected chi connectivity index (χ0v) is 12.5. The molecule has 23 heavy (non-hydrogen) atoms. The molecule has 0 fully saturated rings. The van der Waals surface area contributed by atoms with Gasteiger partial charge in [0.15, 0.2) is 0 Å². The molecule has 1 atom stereocenters. The largest absolute Gasteiger partial charge is 0.385 e. The number of hydrogen-bond acceptors (Lipinski definition) is 5. The summed E-state index contributed by atoms with van der Waals surface area (Å²) in [4.78, 5) is 12.9. The van der Waals surface area contributed by atoms with Crippen molar-refractivity contribution in [1.29, 1.82) is 0 Å². The molecule has 2 aromatic rings. The van der Waals surface area contributed by atoms with Gasteiger partial charge < -0.3 is 15.8 Å². The van der Waals surface area contributed by atoms with Gasteiger partial charge in [-0.1, -0.05) is 0 Å². The maximum atomic E-state index is 13.6. The van der Waals surface area contributed by atoms with Crippen LogP contribution in [-0.2, 0) is 17.8 Å². The van der Waals surface area contributed by atoms with Crippen molar-refractivity contribution in [2.24, 2.45) is 0 Å². The van der Waals surface area contributed by atoms with Crippen molar-refractivity contribution >= 4 is 17.4 Å². The highest BCUT2D eigenvalue weighted by Gasteiger charge is 2.31. The van der Waals surface area contributed by atoms with Crippen LogP contribution in [0.4, 0.5) is 15.9 Å². The predicted molar refractivity (Wildman–Crippen MR) is 82.9 cm³/mol. The molecule has 1 aromatic carbocycles. The predicted octanol–water partition coefficient (Wildman–Crippen LogP) is 1.92. The van der Waals surface area contributed by atoms with Gasteiger partial charge in [-0.05, 0) is 30.2 Å². The number of benzene rings is 1. The number of carbonyl (C=O) groups excluding carboxylic acids is 1. The molecule has 0 amide bonds. The second kappa shape index (κ2) is 5.34. The lowest BCUT2D eigenvalue weighted by molar-refractivity contribution is 0.0854. The van der Waals surface area contributed by atoms with Gasteiger partial charge in [-0.15, -0.1) is 0 Å². The number of carbonyl (C=O) groups is 1. The first-order chi connectivity index (χ1) is 11.1. The molecule has 1 aromatic heterocycles. The Morgan fingerprint density at radius 2 is 2.35 bits per heavy atom. The van der Waals surface area contributed by atoms with Crippen LogP contribution in [0.1, 0.15) is 34.0 Å². The summed E-state index contributed by atoms with van der Waals surface area (Å²) >= 11 is 0. The highest BCUT2D eigenvalue weighted by Crippen LogP contribution is 2.34. The molecule has 0 saturated heterocycles. The summed E-state index contributed by atoms with van der Waals surface area (Å²) < 4.78 is 20.2. The van der Waals surface area contributed by atoms with E-state index in [1.165, 1.54) is 16.8 Å². The van der Waals surface area contributed by atoms with Crippen molar-refractivity contribution in [2.75, 3.05) is 24.2 Å². The first kappa shape index (κ1) is 14.2. The number of nitrogens with two attached hydrogens (primary N) is 1. The van der Waals surface area contributed by atoms with Crippen LogP contribution in [-0.4, -0.2) is 28.8 Å². The summed E-state index contributed by atoms with van der Waals surface area (Å²) in [5.41, 5.74) is 9.17. The van der Waals surface area contributed by atoms with Gasteiger partial charge >= 0.3 is 0 Å². The number of nitrogen functional groups attached to an aromatic ring is 1. The molecule has 2 aliphatic rings. The molecule has 0 spiro atoms. The quantitative estimate of drug-likeness (QED) is 0.840. The Kier molecular flexibility index (Phi) is 3.30. The first-order valence-corrected chi connectivity index (χ1v) is 7.66. The molecule has 0 aliphatic carbocycles. The molecule has 120 valence electrons. The second-order valence-corrected chi connectivity index (χ2v) is 5.86. The third kappa shape index (κ3) is 2.28. The van der Waals surface area contributed by atoms with Crippen molar-refractivity contribution < 1.29 is 13.9 Å². The Balaban J connectivity index is 1.74. The smallest absolute Gasteiger partial charge is 0.256 e. The highest BCUT2D eigenvalue weighted by molar-refractivity contribution is 5.90. The maximum absolute atomic E-state index is 13.6. The van der Waals surface area contributed by atoms with E-state index >= 15 is 0 Å². The SMILES string of the molecule is Nc1c2c(nn1C(=O)C1CCNc3ccc(F)cc31)COCC2. The summed E-state index contributed by atoms with van der Waals surface area (Å²) in [7, 11) is 0. The van der Waals surface area contributed by atoms with Crippen molar-refractivity contribution in [1.82, 2.24) is 9.78 Å². The lowest BCUT2D eigenvalue weighted by Crippen LogP contribution is -2.28. The number of ether oxygens (including phenoxy) is 1. The molecule has 3 N–H and O–H groups in total. The van der Waals surface area contributed by atoms with Crippen molar-refractivity contribution in [3.63, 3.8) is 0 Å². The molecule has 0 radical (unpaired) electrons.